The number of imidazole rings is 1. The first-order chi connectivity index (χ1) is 17.4. The number of benzene rings is 2. The average molecular weight is 486 g/mol. The second kappa shape index (κ2) is 9.91. The number of hydrogen-bond acceptors (Lipinski definition) is 4. The molecule has 0 atom stereocenters. The van der Waals surface area contributed by atoms with Gasteiger partial charge in [0.1, 0.15) is 12.1 Å². The minimum absolute atomic E-state index is 0.0625. The van der Waals surface area contributed by atoms with E-state index in [0.29, 0.717) is 17.6 Å². The molecular formula is C28H28FN5O2. The largest absolute Gasteiger partial charge is 0.364 e. The van der Waals surface area contributed by atoms with Crippen LogP contribution in [0.4, 0.5) is 4.39 Å². The number of aryl methyl sites for hydroxylation is 1. The van der Waals surface area contributed by atoms with Crippen LogP contribution in [0.15, 0.2) is 71.3 Å². The molecule has 5 rings (SSSR count). The molecule has 4 aromatic rings. The van der Waals surface area contributed by atoms with Gasteiger partial charge in [-0.15, -0.1) is 0 Å². The van der Waals surface area contributed by atoms with Gasteiger partial charge in [-0.2, -0.15) is 0 Å². The number of aromatic nitrogens is 3. The summed E-state index contributed by atoms with van der Waals surface area (Å²) < 4.78 is 14.9. The van der Waals surface area contributed by atoms with Gasteiger partial charge in [-0.25, -0.2) is 9.37 Å². The summed E-state index contributed by atoms with van der Waals surface area (Å²) in [5.41, 5.74) is 11.7. The van der Waals surface area contributed by atoms with Crippen LogP contribution >= 0.6 is 0 Å². The molecular weight excluding hydrogens is 457 g/mol. The first-order valence-electron chi connectivity index (χ1n) is 12.1. The van der Waals surface area contributed by atoms with E-state index in [0.717, 1.165) is 49.3 Å². The summed E-state index contributed by atoms with van der Waals surface area (Å²) in [6, 6.07) is 17.0. The number of primary amides is 1. The highest BCUT2D eigenvalue weighted by atomic mass is 19.1. The van der Waals surface area contributed by atoms with E-state index in [-0.39, 0.29) is 17.1 Å². The van der Waals surface area contributed by atoms with Crippen LogP contribution in [0.2, 0.25) is 0 Å². The predicted molar refractivity (Wildman–Crippen MR) is 137 cm³/mol. The van der Waals surface area contributed by atoms with Crippen molar-refractivity contribution in [3.8, 4) is 0 Å². The van der Waals surface area contributed by atoms with Gasteiger partial charge in [-0.3, -0.25) is 14.0 Å². The maximum Gasteiger partial charge on any atom is 0.271 e. The Balaban J connectivity index is 1.34. The van der Waals surface area contributed by atoms with Crippen molar-refractivity contribution in [1.82, 2.24) is 19.3 Å². The van der Waals surface area contributed by atoms with E-state index in [4.69, 9.17) is 5.73 Å². The number of fused-ring (bicyclic) bond motifs is 1. The SMILES string of the molecule is Cc1[nH]c2c(C(N)=O)ncn2c(=O)c1CCN1CCC(=C(c2ccccc2)c2ccc(F)cc2)CC1. The van der Waals surface area contributed by atoms with Crippen molar-refractivity contribution in [3.63, 3.8) is 0 Å². The monoisotopic (exact) mass is 485 g/mol. The van der Waals surface area contributed by atoms with E-state index < -0.39 is 5.91 Å². The molecule has 0 unspecified atom stereocenters. The number of likely N-dealkylation sites (tertiary alicyclic amines) is 1. The summed E-state index contributed by atoms with van der Waals surface area (Å²) in [5, 5.41) is 0. The summed E-state index contributed by atoms with van der Waals surface area (Å²) in [6.07, 6.45) is 3.73. The number of nitrogens with one attached hydrogen (secondary N) is 1. The summed E-state index contributed by atoms with van der Waals surface area (Å²) in [5.74, 6) is -0.913. The van der Waals surface area contributed by atoms with E-state index in [2.05, 4.69) is 27.0 Å². The molecule has 1 aliphatic rings. The van der Waals surface area contributed by atoms with Gasteiger partial charge in [0.25, 0.3) is 11.5 Å². The molecule has 1 fully saturated rings. The Morgan fingerprint density at radius 3 is 2.39 bits per heavy atom. The van der Waals surface area contributed by atoms with Crippen molar-refractivity contribution in [2.75, 3.05) is 19.6 Å². The van der Waals surface area contributed by atoms with Gasteiger partial charge in [-0.1, -0.05) is 48.0 Å². The molecule has 1 aliphatic heterocycles. The zero-order valence-corrected chi connectivity index (χ0v) is 20.1. The molecule has 36 heavy (non-hydrogen) atoms. The second-order valence-corrected chi connectivity index (χ2v) is 9.15. The lowest BCUT2D eigenvalue weighted by molar-refractivity contribution is 0.0997. The third kappa shape index (κ3) is 4.59. The van der Waals surface area contributed by atoms with Gasteiger partial charge in [0, 0.05) is 30.9 Å². The highest BCUT2D eigenvalue weighted by molar-refractivity contribution is 5.96. The summed E-state index contributed by atoms with van der Waals surface area (Å²) in [7, 11) is 0. The van der Waals surface area contributed by atoms with Crippen molar-refractivity contribution in [1.29, 1.82) is 0 Å². The number of amides is 1. The maximum atomic E-state index is 13.6. The molecule has 2 aromatic heterocycles. The van der Waals surface area contributed by atoms with Crippen LogP contribution in [-0.4, -0.2) is 44.8 Å². The third-order valence-electron chi connectivity index (χ3n) is 6.92. The van der Waals surface area contributed by atoms with Gasteiger partial charge in [0.05, 0.1) is 0 Å². The fourth-order valence-electron chi connectivity index (χ4n) is 5.02. The zero-order valence-electron chi connectivity index (χ0n) is 20.1. The van der Waals surface area contributed by atoms with Crippen LogP contribution in [0.1, 0.15) is 45.7 Å². The summed E-state index contributed by atoms with van der Waals surface area (Å²) >= 11 is 0. The Morgan fingerprint density at radius 2 is 1.72 bits per heavy atom. The van der Waals surface area contributed by atoms with E-state index in [1.165, 1.54) is 34.0 Å². The quantitative estimate of drug-likeness (QED) is 0.435. The number of hydrogen-bond donors (Lipinski definition) is 2. The number of nitrogens with two attached hydrogens (primary N) is 1. The second-order valence-electron chi connectivity index (χ2n) is 9.15. The van der Waals surface area contributed by atoms with Crippen LogP contribution in [0.5, 0.6) is 0 Å². The van der Waals surface area contributed by atoms with Gasteiger partial charge >= 0.3 is 0 Å². The summed E-state index contributed by atoms with van der Waals surface area (Å²) in [4.78, 5) is 34.1. The number of aromatic amines is 1. The van der Waals surface area contributed by atoms with E-state index in [1.54, 1.807) is 0 Å². The number of carbonyl (C=O) groups is 1. The molecule has 0 saturated carbocycles. The van der Waals surface area contributed by atoms with Crippen LogP contribution in [0.3, 0.4) is 0 Å². The van der Waals surface area contributed by atoms with E-state index >= 15 is 0 Å². The molecule has 1 amide bonds. The zero-order chi connectivity index (χ0) is 25.2. The number of nitrogens with zero attached hydrogens (tertiary/aromatic N) is 3. The Bertz CT molecular complexity index is 1490. The number of rotatable bonds is 6. The molecule has 0 radical (unpaired) electrons. The van der Waals surface area contributed by atoms with Gasteiger partial charge < -0.3 is 15.6 Å². The molecule has 0 bridgehead atoms. The fourth-order valence-corrected chi connectivity index (χ4v) is 5.02. The third-order valence-corrected chi connectivity index (χ3v) is 6.92. The minimum atomic E-state index is -0.673. The van der Waals surface area contributed by atoms with Crippen molar-refractivity contribution in [3.05, 3.63) is 111 Å². The Labute approximate surface area is 208 Å². The molecule has 0 spiro atoms. The van der Waals surface area contributed by atoms with Crippen molar-refractivity contribution in [2.24, 2.45) is 5.73 Å². The first-order valence-corrected chi connectivity index (χ1v) is 12.1. The molecule has 3 heterocycles. The normalized spacial score (nSPS) is 14.3. The minimum Gasteiger partial charge on any atom is -0.364 e. The van der Waals surface area contributed by atoms with Gasteiger partial charge in [0.2, 0.25) is 0 Å². The highest BCUT2D eigenvalue weighted by Crippen LogP contribution is 2.32. The highest BCUT2D eigenvalue weighted by Gasteiger charge is 2.21. The molecule has 1 saturated heterocycles. The molecule has 7 nitrogen and oxygen atoms in total. The lowest BCUT2D eigenvalue weighted by Gasteiger charge is -2.30. The first kappa shape index (κ1) is 23.7. The lowest BCUT2D eigenvalue weighted by atomic mass is 9.88. The summed E-state index contributed by atoms with van der Waals surface area (Å²) in [6.45, 7) is 4.34. The fraction of sp³-hybridized carbons (Fsp3) is 0.250. The standard InChI is InChI=1S/C28H28FN5O2/c1-18-23(28(36)34-17-31-25(26(30)35)27(34)32-18)13-16-33-14-11-21(12-15-33)24(19-5-3-2-4-6-19)20-7-9-22(29)10-8-20/h2-10,17,32H,11-16H2,1H3,(H2,30,35). The topological polar surface area (TPSA) is 96.5 Å². The van der Waals surface area contributed by atoms with E-state index in [1.807, 2.05) is 37.3 Å². The Morgan fingerprint density at radius 1 is 1.06 bits per heavy atom. The molecule has 0 aliphatic carbocycles. The van der Waals surface area contributed by atoms with Crippen LogP contribution in [0, 0.1) is 12.7 Å². The van der Waals surface area contributed by atoms with Crippen LogP contribution in [-0.2, 0) is 6.42 Å². The van der Waals surface area contributed by atoms with Gasteiger partial charge in [0.15, 0.2) is 11.3 Å². The number of piperidine rings is 1. The smallest absolute Gasteiger partial charge is 0.271 e. The molecule has 2 aromatic carbocycles. The number of H-pyrrole nitrogens is 1. The van der Waals surface area contributed by atoms with Crippen molar-refractivity contribution >= 4 is 17.1 Å². The average Bonchev–Trinajstić information content (AvgIpc) is 3.31. The lowest BCUT2D eigenvalue weighted by Crippen LogP contribution is -2.34. The van der Waals surface area contributed by atoms with Crippen LogP contribution in [0.25, 0.3) is 11.2 Å². The van der Waals surface area contributed by atoms with Crippen molar-refractivity contribution < 1.29 is 9.18 Å². The molecule has 3 N–H and O–H groups in total. The van der Waals surface area contributed by atoms with Crippen molar-refractivity contribution in [2.45, 2.75) is 26.2 Å². The van der Waals surface area contributed by atoms with Gasteiger partial charge in [-0.05, 0) is 55.0 Å². The molecule has 184 valence electrons. The Hall–Kier alpha value is -4.04. The molecule has 8 heteroatoms. The number of carbonyl (C=O) groups excluding carboxylic acids is 1. The van der Waals surface area contributed by atoms with Crippen LogP contribution < -0.4 is 11.3 Å². The number of halogens is 1. The predicted octanol–water partition coefficient (Wildman–Crippen LogP) is 3.71. The maximum absolute atomic E-state index is 13.6. The Kier molecular flexibility index (Phi) is 6.52. The van der Waals surface area contributed by atoms with E-state index in [9.17, 15) is 14.0 Å².